The van der Waals surface area contributed by atoms with Gasteiger partial charge in [0.25, 0.3) is 0 Å². The molecule has 0 aliphatic heterocycles. The van der Waals surface area contributed by atoms with Crippen LogP contribution in [0.3, 0.4) is 0 Å². The first-order valence-electron chi connectivity index (χ1n) is 11.7. The van der Waals surface area contributed by atoms with Crippen molar-refractivity contribution < 1.29 is 9.53 Å². The van der Waals surface area contributed by atoms with E-state index in [1.54, 1.807) is 6.20 Å². The summed E-state index contributed by atoms with van der Waals surface area (Å²) in [5, 5.41) is 6.44. The van der Waals surface area contributed by atoms with Crippen LogP contribution in [0.15, 0.2) is 79.0 Å². The van der Waals surface area contributed by atoms with E-state index in [0.717, 1.165) is 24.2 Å². The minimum absolute atomic E-state index is 0.0360. The molecule has 4 rings (SSSR count). The van der Waals surface area contributed by atoms with Gasteiger partial charge < -0.3 is 15.4 Å². The molecule has 2 aromatic carbocycles. The van der Waals surface area contributed by atoms with E-state index in [1.165, 1.54) is 18.4 Å². The smallest absolute Gasteiger partial charge is 0.237 e. The highest BCUT2D eigenvalue weighted by atomic mass is 16.5. The molecule has 1 amide bonds. The fourth-order valence-corrected chi connectivity index (χ4v) is 3.81. The van der Waals surface area contributed by atoms with Crippen molar-refractivity contribution in [2.24, 2.45) is 5.92 Å². The van der Waals surface area contributed by atoms with E-state index in [2.05, 4.69) is 15.6 Å². The SMILES string of the molecule is [B]C(CC1CC1)NC(=O)[C@H](Cc1ccccc1)NCCc1ccc(Oc2ccccn2)cc1. The highest BCUT2D eigenvalue weighted by Crippen LogP contribution is 2.33. The van der Waals surface area contributed by atoms with Gasteiger partial charge in [0, 0.05) is 12.3 Å². The van der Waals surface area contributed by atoms with Gasteiger partial charge in [0.2, 0.25) is 11.8 Å². The molecule has 0 spiro atoms. The van der Waals surface area contributed by atoms with Crippen LogP contribution in [0.4, 0.5) is 0 Å². The molecule has 1 aromatic heterocycles. The molecule has 1 saturated carbocycles. The van der Waals surface area contributed by atoms with Gasteiger partial charge in [-0.1, -0.05) is 61.4 Å². The normalized spacial score (nSPS) is 14.9. The first-order chi connectivity index (χ1) is 16.2. The van der Waals surface area contributed by atoms with Crippen molar-refractivity contribution in [2.45, 2.75) is 44.1 Å². The van der Waals surface area contributed by atoms with Crippen molar-refractivity contribution in [3.8, 4) is 11.6 Å². The Morgan fingerprint density at radius 2 is 1.76 bits per heavy atom. The van der Waals surface area contributed by atoms with Gasteiger partial charge in [0.1, 0.15) is 5.75 Å². The van der Waals surface area contributed by atoms with Gasteiger partial charge in [-0.05, 0) is 67.0 Å². The number of ether oxygens (including phenoxy) is 1. The molecule has 1 unspecified atom stereocenters. The number of carbonyl (C=O) groups is 1. The number of hydrogen-bond donors (Lipinski definition) is 2. The monoisotopic (exact) mass is 439 g/mol. The Morgan fingerprint density at radius 1 is 1.00 bits per heavy atom. The van der Waals surface area contributed by atoms with Gasteiger partial charge in [-0.15, -0.1) is 0 Å². The molecule has 2 radical (unpaired) electrons. The van der Waals surface area contributed by atoms with E-state index in [4.69, 9.17) is 12.6 Å². The maximum absolute atomic E-state index is 12.9. The molecule has 2 N–H and O–H groups in total. The van der Waals surface area contributed by atoms with Crippen LogP contribution in [-0.4, -0.2) is 37.3 Å². The lowest BCUT2D eigenvalue weighted by Gasteiger charge is -2.22. The van der Waals surface area contributed by atoms with Crippen LogP contribution >= 0.6 is 0 Å². The summed E-state index contributed by atoms with van der Waals surface area (Å²) in [5.41, 5.74) is 2.29. The second-order valence-corrected chi connectivity index (χ2v) is 8.65. The number of amides is 1. The lowest BCUT2D eigenvalue weighted by molar-refractivity contribution is -0.123. The second-order valence-electron chi connectivity index (χ2n) is 8.65. The molecule has 6 heteroatoms. The van der Waals surface area contributed by atoms with Crippen molar-refractivity contribution in [2.75, 3.05) is 6.54 Å². The zero-order valence-corrected chi connectivity index (χ0v) is 18.8. The molecule has 33 heavy (non-hydrogen) atoms. The summed E-state index contributed by atoms with van der Waals surface area (Å²) in [6.07, 6.45) is 6.44. The zero-order valence-electron chi connectivity index (χ0n) is 18.8. The number of hydrogen-bond acceptors (Lipinski definition) is 4. The van der Waals surface area contributed by atoms with E-state index in [-0.39, 0.29) is 17.9 Å². The number of pyridine rings is 1. The number of nitrogens with zero attached hydrogens (tertiary/aromatic N) is 1. The summed E-state index contributed by atoms with van der Waals surface area (Å²) in [5.74, 6) is 1.67. The first kappa shape index (κ1) is 23.1. The summed E-state index contributed by atoms with van der Waals surface area (Å²) in [6, 6.07) is 23.3. The number of aromatic nitrogens is 1. The minimum atomic E-state index is -0.329. The van der Waals surface area contributed by atoms with E-state index in [1.807, 2.05) is 72.8 Å². The third-order valence-electron chi connectivity index (χ3n) is 5.80. The van der Waals surface area contributed by atoms with Crippen LogP contribution in [0, 0.1) is 5.92 Å². The topological polar surface area (TPSA) is 63.2 Å². The maximum atomic E-state index is 12.9. The summed E-state index contributed by atoms with van der Waals surface area (Å²) in [7, 11) is 6.16. The van der Waals surface area contributed by atoms with E-state index in [0.29, 0.717) is 24.8 Å². The quantitative estimate of drug-likeness (QED) is 0.419. The highest BCUT2D eigenvalue weighted by Gasteiger charge is 2.26. The molecule has 1 fully saturated rings. The van der Waals surface area contributed by atoms with Crippen molar-refractivity contribution in [3.63, 3.8) is 0 Å². The lowest BCUT2D eigenvalue weighted by atomic mass is 9.90. The fraction of sp³-hybridized carbons (Fsp3) is 0.333. The standard InChI is InChI=1S/C27H30BN3O2/c28-25(19-22-9-10-22)31-27(32)24(18-21-6-2-1-3-7-21)29-17-15-20-11-13-23(14-12-20)33-26-8-4-5-16-30-26/h1-8,11-14,16,22,24-25,29H,9-10,15,17-19H2,(H,31,32)/t24-,25?/m0/s1. The molecular weight excluding hydrogens is 409 g/mol. The molecule has 0 saturated heterocycles. The summed E-state index contributed by atoms with van der Waals surface area (Å²) in [4.78, 5) is 17.1. The van der Waals surface area contributed by atoms with E-state index in [9.17, 15) is 4.79 Å². The molecule has 0 bridgehead atoms. The zero-order chi connectivity index (χ0) is 22.9. The van der Waals surface area contributed by atoms with Crippen LogP contribution in [0.2, 0.25) is 0 Å². The van der Waals surface area contributed by atoms with Crippen LogP contribution in [-0.2, 0) is 17.6 Å². The number of rotatable bonds is 12. The van der Waals surface area contributed by atoms with E-state index < -0.39 is 0 Å². The average molecular weight is 439 g/mol. The number of benzene rings is 2. The predicted octanol–water partition coefficient (Wildman–Crippen LogP) is 4.03. The van der Waals surface area contributed by atoms with E-state index >= 15 is 0 Å². The Kier molecular flexibility index (Phi) is 8.15. The van der Waals surface area contributed by atoms with Crippen molar-refractivity contribution in [1.29, 1.82) is 0 Å². The molecule has 168 valence electrons. The van der Waals surface area contributed by atoms with Gasteiger partial charge in [0.15, 0.2) is 0 Å². The third kappa shape index (κ3) is 7.76. The van der Waals surface area contributed by atoms with Gasteiger partial charge >= 0.3 is 0 Å². The number of nitrogens with one attached hydrogen (secondary N) is 2. The van der Waals surface area contributed by atoms with Crippen molar-refractivity contribution in [3.05, 3.63) is 90.1 Å². The molecule has 2 atom stereocenters. The van der Waals surface area contributed by atoms with Crippen molar-refractivity contribution >= 4 is 13.8 Å². The summed E-state index contributed by atoms with van der Waals surface area (Å²) < 4.78 is 5.75. The first-order valence-corrected chi connectivity index (χ1v) is 11.7. The minimum Gasteiger partial charge on any atom is -0.439 e. The van der Waals surface area contributed by atoms with Gasteiger partial charge in [-0.25, -0.2) is 4.98 Å². The largest absolute Gasteiger partial charge is 0.439 e. The Labute approximate surface area is 197 Å². The Morgan fingerprint density at radius 3 is 2.45 bits per heavy atom. The molecule has 1 heterocycles. The summed E-state index contributed by atoms with van der Waals surface area (Å²) >= 11 is 0. The van der Waals surface area contributed by atoms with Gasteiger partial charge in [-0.2, -0.15) is 0 Å². The molecule has 1 aliphatic rings. The predicted molar refractivity (Wildman–Crippen MR) is 131 cm³/mol. The van der Waals surface area contributed by atoms with Gasteiger partial charge in [0.05, 0.1) is 13.9 Å². The average Bonchev–Trinajstić information content (AvgIpc) is 3.64. The second kappa shape index (κ2) is 11.7. The Hall–Kier alpha value is -3.12. The van der Waals surface area contributed by atoms with Crippen LogP contribution in [0.25, 0.3) is 0 Å². The van der Waals surface area contributed by atoms with Crippen molar-refractivity contribution in [1.82, 2.24) is 15.6 Å². The molecule has 1 aliphatic carbocycles. The van der Waals surface area contributed by atoms with Crippen LogP contribution < -0.4 is 15.4 Å². The lowest BCUT2D eigenvalue weighted by Crippen LogP contribution is -2.49. The Bertz CT molecular complexity index is 995. The van der Waals surface area contributed by atoms with Gasteiger partial charge in [-0.3, -0.25) is 4.79 Å². The fourth-order valence-electron chi connectivity index (χ4n) is 3.81. The Balaban J connectivity index is 1.30. The molecular formula is C27H30BN3O2. The molecule has 3 aromatic rings. The van der Waals surface area contributed by atoms with Crippen LogP contribution in [0.1, 0.15) is 30.4 Å². The van der Waals surface area contributed by atoms with Crippen LogP contribution in [0.5, 0.6) is 11.6 Å². The number of carbonyl (C=O) groups excluding carboxylic acids is 1. The summed E-state index contributed by atoms with van der Waals surface area (Å²) in [6.45, 7) is 0.684. The molecule has 5 nitrogen and oxygen atoms in total. The third-order valence-corrected chi connectivity index (χ3v) is 5.80. The maximum Gasteiger partial charge on any atom is 0.237 e. The highest BCUT2D eigenvalue weighted by molar-refractivity contribution is 6.13.